The normalized spacial score (nSPS) is 9.69. The summed E-state index contributed by atoms with van der Waals surface area (Å²) in [5, 5.41) is 12.7. The van der Waals surface area contributed by atoms with Crippen LogP contribution in [0.25, 0.3) is 0 Å². The van der Waals surface area contributed by atoms with Crippen LogP contribution < -0.4 is 5.01 Å². The Labute approximate surface area is 76.7 Å². The van der Waals surface area contributed by atoms with E-state index in [1.165, 1.54) is 5.01 Å². The van der Waals surface area contributed by atoms with Crippen molar-refractivity contribution >= 4 is 5.69 Å². The lowest BCUT2D eigenvalue weighted by Crippen LogP contribution is -2.19. The van der Waals surface area contributed by atoms with Crippen molar-refractivity contribution in [1.82, 2.24) is 0 Å². The molecule has 13 heavy (non-hydrogen) atoms. The van der Waals surface area contributed by atoms with Gasteiger partial charge in [-0.15, -0.1) is 4.91 Å². The van der Waals surface area contributed by atoms with Crippen LogP contribution in [0.15, 0.2) is 29.6 Å². The van der Waals surface area contributed by atoms with E-state index in [1.54, 1.807) is 12.1 Å². The summed E-state index contributed by atoms with van der Waals surface area (Å²) in [6.45, 7) is 2.11. The predicted molar refractivity (Wildman–Crippen MR) is 51.4 cm³/mol. The van der Waals surface area contributed by atoms with Crippen molar-refractivity contribution in [2.75, 3.05) is 18.2 Å². The molecule has 0 aromatic heterocycles. The highest BCUT2D eigenvalue weighted by Gasteiger charge is 2.03. The molecule has 1 N–H and O–H groups in total. The van der Waals surface area contributed by atoms with Crippen LogP contribution in [0.3, 0.4) is 0 Å². The van der Waals surface area contributed by atoms with Gasteiger partial charge in [-0.1, -0.05) is 17.7 Å². The lowest BCUT2D eigenvalue weighted by atomic mass is 10.2. The fraction of sp³-hybridized carbons (Fsp3) is 0.333. The molecule has 0 amide bonds. The molecule has 0 aliphatic carbocycles. The minimum absolute atomic E-state index is 0.0837. The van der Waals surface area contributed by atoms with Gasteiger partial charge >= 0.3 is 0 Å². The summed E-state index contributed by atoms with van der Waals surface area (Å²) in [5.74, 6) is 0. The molecule has 0 saturated heterocycles. The van der Waals surface area contributed by atoms with Crippen molar-refractivity contribution in [3.05, 3.63) is 34.7 Å². The number of anilines is 1. The molecule has 0 spiro atoms. The largest absolute Gasteiger partial charge is 0.394 e. The molecule has 70 valence electrons. The molecule has 0 heterocycles. The molecular formula is C9H12N2O2. The van der Waals surface area contributed by atoms with Gasteiger partial charge in [-0.3, -0.25) is 0 Å². The van der Waals surface area contributed by atoms with Gasteiger partial charge in [0, 0.05) is 0 Å². The standard InChI is InChI=1S/C9H12N2O2/c1-8-2-4-9(5-3-8)11(10-13)6-7-12/h2-5,12H,6-7H2,1H3. The van der Waals surface area contributed by atoms with E-state index < -0.39 is 0 Å². The van der Waals surface area contributed by atoms with Crippen LogP contribution in [0.5, 0.6) is 0 Å². The monoisotopic (exact) mass is 180 g/mol. The van der Waals surface area contributed by atoms with Gasteiger partial charge in [-0.2, -0.15) is 0 Å². The maximum atomic E-state index is 10.3. The zero-order valence-corrected chi connectivity index (χ0v) is 7.47. The fourth-order valence-corrected chi connectivity index (χ4v) is 1.03. The second kappa shape index (κ2) is 4.57. The van der Waals surface area contributed by atoms with Crippen LogP contribution in [-0.4, -0.2) is 18.3 Å². The van der Waals surface area contributed by atoms with Crippen molar-refractivity contribution < 1.29 is 5.11 Å². The molecule has 0 unspecified atom stereocenters. The Morgan fingerprint density at radius 2 is 2.00 bits per heavy atom. The number of nitroso groups, excluding NO2 is 1. The van der Waals surface area contributed by atoms with Gasteiger partial charge < -0.3 is 5.11 Å². The lowest BCUT2D eigenvalue weighted by molar-refractivity contribution is 0.302. The first-order valence-electron chi connectivity index (χ1n) is 4.06. The number of aryl methyl sites for hydroxylation is 1. The molecule has 0 fully saturated rings. The maximum Gasteiger partial charge on any atom is 0.0679 e. The van der Waals surface area contributed by atoms with Crippen LogP contribution in [0.1, 0.15) is 5.56 Å². The third-order valence-electron chi connectivity index (χ3n) is 1.74. The van der Waals surface area contributed by atoms with Crippen LogP contribution >= 0.6 is 0 Å². The Balaban J connectivity index is 2.79. The Morgan fingerprint density at radius 3 is 2.46 bits per heavy atom. The number of rotatable bonds is 4. The molecular weight excluding hydrogens is 168 g/mol. The number of aliphatic hydroxyl groups is 1. The molecule has 0 atom stereocenters. The third-order valence-corrected chi connectivity index (χ3v) is 1.74. The van der Waals surface area contributed by atoms with Gasteiger partial charge in [-0.05, 0) is 19.1 Å². The van der Waals surface area contributed by atoms with Crippen molar-refractivity contribution in [3.63, 3.8) is 0 Å². The zero-order valence-electron chi connectivity index (χ0n) is 7.47. The molecule has 4 nitrogen and oxygen atoms in total. The van der Waals surface area contributed by atoms with E-state index in [0.29, 0.717) is 5.69 Å². The van der Waals surface area contributed by atoms with Crippen LogP contribution in [-0.2, 0) is 0 Å². The van der Waals surface area contributed by atoms with E-state index in [4.69, 9.17) is 5.11 Å². The van der Waals surface area contributed by atoms with Gasteiger partial charge in [0.1, 0.15) is 0 Å². The molecule has 0 bridgehead atoms. The maximum absolute atomic E-state index is 10.3. The Kier molecular flexibility index (Phi) is 3.40. The summed E-state index contributed by atoms with van der Waals surface area (Å²) in [5.41, 5.74) is 1.83. The summed E-state index contributed by atoms with van der Waals surface area (Å²) in [7, 11) is 0. The summed E-state index contributed by atoms with van der Waals surface area (Å²) >= 11 is 0. The molecule has 1 aromatic carbocycles. The topological polar surface area (TPSA) is 52.9 Å². The average molecular weight is 180 g/mol. The van der Waals surface area contributed by atoms with Crippen LogP contribution in [0, 0.1) is 11.8 Å². The average Bonchev–Trinajstić information content (AvgIpc) is 2.16. The molecule has 0 aliphatic rings. The summed E-state index contributed by atoms with van der Waals surface area (Å²) < 4.78 is 0. The Morgan fingerprint density at radius 1 is 1.38 bits per heavy atom. The molecule has 4 heteroatoms. The molecule has 1 aromatic rings. The lowest BCUT2D eigenvalue weighted by Gasteiger charge is -2.13. The van der Waals surface area contributed by atoms with Gasteiger partial charge in [0.15, 0.2) is 0 Å². The Bertz CT molecular complexity index is 271. The first-order valence-corrected chi connectivity index (χ1v) is 4.06. The van der Waals surface area contributed by atoms with Crippen molar-refractivity contribution in [2.45, 2.75) is 6.92 Å². The first-order chi connectivity index (χ1) is 6.27. The highest BCUT2D eigenvalue weighted by Crippen LogP contribution is 2.14. The fourth-order valence-electron chi connectivity index (χ4n) is 1.03. The number of benzene rings is 1. The second-order valence-electron chi connectivity index (χ2n) is 2.76. The predicted octanol–water partition coefficient (Wildman–Crippen LogP) is 1.48. The van der Waals surface area contributed by atoms with Gasteiger partial charge in [-0.25, -0.2) is 5.01 Å². The SMILES string of the molecule is Cc1ccc(N(CCO)N=O)cc1. The van der Waals surface area contributed by atoms with Gasteiger partial charge in [0.05, 0.1) is 24.1 Å². The molecule has 1 rings (SSSR count). The third kappa shape index (κ3) is 2.52. The van der Waals surface area contributed by atoms with E-state index in [2.05, 4.69) is 5.29 Å². The van der Waals surface area contributed by atoms with Crippen molar-refractivity contribution in [3.8, 4) is 0 Å². The quantitative estimate of drug-likeness (QED) is 0.564. The van der Waals surface area contributed by atoms with Crippen LogP contribution in [0.4, 0.5) is 5.69 Å². The number of nitrogens with zero attached hydrogens (tertiary/aromatic N) is 2. The summed E-state index contributed by atoms with van der Waals surface area (Å²) in [6.07, 6.45) is 0. The van der Waals surface area contributed by atoms with Crippen LogP contribution in [0.2, 0.25) is 0 Å². The summed E-state index contributed by atoms with van der Waals surface area (Å²) in [4.78, 5) is 10.3. The van der Waals surface area contributed by atoms with E-state index in [0.717, 1.165) is 5.56 Å². The van der Waals surface area contributed by atoms with Crippen molar-refractivity contribution in [1.29, 1.82) is 0 Å². The minimum Gasteiger partial charge on any atom is -0.394 e. The highest BCUT2D eigenvalue weighted by molar-refractivity contribution is 5.46. The van der Waals surface area contributed by atoms with E-state index in [-0.39, 0.29) is 13.2 Å². The molecule has 0 aliphatic heterocycles. The summed E-state index contributed by atoms with van der Waals surface area (Å²) in [6, 6.07) is 7.38. The van der Waals surface area contributed by atoms with E-state index in [1.807, 2.05) is 19.1 Å². The van der Waals surface area contributed by atoms with Gasteiger partial charge in [0.25, 0.3) is 0 Å². The van der Waals surface area contributed by atoms with E-state index >= 15 is 0 Å². The first kappa shape index (κ1) is 9.67. The highest BCUT2D eigenvalue weighted by atomic mass is 16.3. The smallest absolute Gasteiger partial charge is 0.0679 e. The molecule has 0 saturated carbocycles. The van der Waals surface area contributed by atoms with Gasteiger partial charge in [0.2, 0.25) is 0 Å². The zero-order chi connectivity index (χ0) is 9.68. The van der Waals surface area contributed by atoms with Crippen molar-refractivity contribution in [2.24, 2.45) is 5.29 Å². The second-order valence-corrected chi connectivity index (χ2v) is 2.76. The minimum atomic E-state index is -0.0837. The molecule has 0 radical (unpaired) electrons. The van der Waals surface area contributed by atoms with E-state index in [9.17, 15) is 4.91 Å². The number of aliphatic hydroxyl groups excluding tert-OH is 1. The Hall–Kier alpha value is -1.42. The number of hydrogen-bond donors (Lipinski definition) is 1. The number of hydrogen-bond acceptors (Lipinski definition) is 3.